The highest BCUT2D eigenvalue weighted by Gasteiger charge is 2.14. The van der Waals surface area contributed by atoms with Crippen LogP contribution in [0.5, 0.6) is 5.75 Å². The average molecular weight is 472 g/mol. The number of aromatic nitrogens is 2. The maximum Gasteiger partial charge on any atom is 0.143 e. The molecule has 0 amide bonds. The van der Waals surface area contributed by atoms with Gasteiger partial charge in [0.05, 0.1) is 5.39 Å². The lowest BCUT2D eigenvalue weighted by Gasteiger charge is -2.11. The molecule has 0 aliphatic rings. The fourth-order valence-electron chi connectivity index (χ4n) is 3.61. The van der Waals surface area contributed by atoms with E-state index in [2.05, 4.69) is 52.7 Å². The van der Waals surface area contributed by atoms with Gasteiger partial charge in [0.25, 0.3) is 0 Å². The molecule has 0 saturated carbocycles. The van der Waals surface area contributed by atoms with Crippen LogP contribution in [0.1, 0.15) is 16.7 Å². The van der Waals surface area contributed by atoms with Crippen molar-refractivity contribution in [2.24, 2.45) is 0 Å². The van der Waals surface area contributed by atoms with Gasteiger partial charge >= 0.3 is 0 Å². The molecule has 33 heavy (non-hydrogen) atoms. The number of nitrogens with zero attached hydrogens (tertiary/aromatic N) is 2. The molecule has 0 bridgehead atoms. The number of halogens is 1. The Labute approximate surface area is 201 Å². The molecule has 0 aliphatic heterocycles. The molecule has 164 valence electrons. The molecular weight excluding hydrogens is 450 g/mol. The van der Waals surface area contributed by atoms with Gasteiger partial charge in [-0.2, -0.15) is 0 Å². The minimum Gasteiger partial charge on any atom is -0.489 e. The van der Waals surface area contributed by atoms with E-state index < -0.39 is 0 Å². The van der Waals surface area contributed by atoms with Crippen LogP contribution in [0, 0.1) is 13.8 Å². The molecule has 0 saturated heterocycles. The lowest BCUT2D eigenvalue weighted by molar-refractivity contribution is 0.306. The summed E-state index contributed by atoms with van der Waals surface area (Å²) in [6, 6.07) is 22.1. The molecule has 0 unspecified atom stereocenters. The lowest BCUT2D eigenvalue weighted by atomic mass is 10.0. The van der Waals surface area contributed by atoms with Gasteiger partial charge in [0.15, 0.2) is 0 Å². The van der Waals surface area contributed by atoms with Gasteiger partial charge in [-0.1, -0.05) is 41.9 Å². The smallest absolute Gasteiger partial charge is 0.143 e. The molecule has 5 aromatic rings. The van der Waals surface area contributed by atoms with Crippen molar-refractivity contribution < 1.29 is 4.74 Å². The second-order valence-corrected chi connectivity index (χ2v) is 9.21. The summed E-state index contributed by atoms with van der Waals surface area (Å²) in [6.45, 7) is 4.76. The minimum atomic E-state index is 0.491. The molecule has 0 atom stereocenters. The van der Waals surface area contributed by atoms with Gasteiger partial charge in [-0.05, 0) is 72.5 Å². The van der Waals surface area contributed by atoms with Crippen LogP contribution < -0.4 is 10.1 Å². The zero-order chi connectivity index (χ0) is 22.8. The molecule has 4 nitrogen and oxygen atoms in total. The number of nitrogens with one attached hydrogen (secondary N) is 1. The second-order valence-electron chi connectivity index (χ2n) is 7.92. The maximum atomic E-state index is 5.94. The van der Waals surface area contributed by atoms with Gasteiger partial charge in [-0.15, -0.1) is 11.3 Å². The molecule has 2 aromatic heterocycles. The fraction of sp³-hybridized carbons (Fsp3) is 0.111. The van der Waals surface area contributed by atoms with Gasteiger partial charge in [-0.3, -0.25) is 0 Å². The molecule has 5 rings (SSSR count). The van der Waals surface area contributed by atoms with Crippen LogP contribution in [0.4, 0.5) is 11.5 Å². The van der Waals surface area contributed by atoms with Crippen molar-refractivity contribution in [3.63, 3.8) is 0 Å². The van der Waals surface area contributed by atoms with E-state index in [4.69, 9.17) is 16.3 Å². The number of aryl methyl sites for hydroxylation is 2. The quantitative estimate of drug-likeness (QED) is 0.273. The highest BCUT2D eigenvalue weighted by molar-refractivity contribution is 7.17. The number of rotatable bonds is 6. The fourth-order valence-corrected chi connectivity index (χ4v) is 4.65. The predicted molar refractivity (Wildman–Crippen MR) is 138 cm³/mol. The number of hydrogen-bond acceptors (Lipinski definition) is 5. The lowest BCUT2D eigenvalue weighted by Crippen LogP contribution is -1.97. The summed E-state index contributed by atoms with van der Waals surface area (Å²) in [7, 11) is 0. The Bertz CT molecular complexity index is 1410. The maximum absolute atomic E-state index is 5.94. The highest BCUT2D eigenvalue weighted by atomic mass is 35.5. The largest absolute Gasteiger partial charge is 0.489 e. The predicted octanol–water partition coefficient (Wildman–Crippen LogP) is 7.95. The molecule has 3 aromatic carbocycles. The molecule has 0 aliphatic carbocycles. The van der Waals surface area contributed by atoms with Crippen LogP contribution in [0.2, 0.25) is 5.02 Å². The summed E-state index contributed by atoms with van der Waals surface area (Å²) < 4.78 is 5.90. The molecular formula is C27H22ClN3OS. The van der Waals surface area contributed by atoms with E-state index in [1.165, 1.54) is 16.7 Å². The number of hydrogen-bond donors (Lipinski definition) is 1. The standard InChI is InChI=1S/C27H22ClN3OS/c1-17-3-6-20(13-18(17)2)24-15-33-27-25(24)26(29-16-30-27)31-22-9-11-23(12-10-22)32-14-19-4-7-21(28)8-5-19/h3-13,15-16H,14H2,1-2H3,(H,29,30,31). The topological polar surface area (TPSA) is 47.0 Å². The Morgan fingerprint density at radius 3 is 2.45 bits per heavy atom. The van der Waals surface area contributed by atoms with Crippen LogP contribution in [0.3, 0.4) is 0 Å². The Balaban J connectivity index is 1.37. The van der Waals surface area contributed by atoms with Crippen molar-refractivity contribution in [1.82, 2.24) is 9.97 Å². The summed E-state index contributed by atoms with van der Waals surface area (Å²) in [4.78, 5) is 9.99. The summed E-state index contributed by atoms with van der Waals surface area (Å²) in [5.41, 5.74) is 6.88. The van der Waals surface area contributed by atoms with Gasteiger partial charge in [0.1, 0.15) is 29.3 Å². The number of anilines is 2. The van der Waals surface area contributed by atoms with Gasteiger partial charge in [-0.25, -0.2) is 9.97 Å². The second kappa shape index (κ2) is 9.22. The number of ether oxygens (including phenoxy) is 1. The Kier molecular flexibility index (Phi) is 5.99. The van der Waals surface area contributed by atoms with Gasteiger partial charge < -0.3 is 10.1 Å². The van der Waals surface area contributed by atoms with Crippen molar-refractivity contribution in [2.75, 3.05) is 5.32 Å². The zero-order valence-corrected chi connectivity index (χ0v) is 19.9. The van der Waals surface area contributed by atoms with E-state index in [0.717, 1.165) is 43.6 Å². The Hall–Kier alpha value is -3.41. The molecule has 0 radical (unpaired) electrons. The zero-order valence-electron chi connectivity index (χ0n) is 18.3. The van der Waals surface area contributed by atoms with E-state index in [1.807, 2.05) is 48.5 Å². The van der Waals surface area contributed by atoms with Crippen LogP contribution >= 0.6 is 22.9 Å². The average Bonchev–Trinajstić information content (AvgIpc) is 3.27. The third kappa shape index (κ3) is 4.70. The molecule has 1 N–H and O–H groups in total. The molecule has 6 heteroatoms. The first-order chi connectivity index (χ1) is 16.1. The molecule has 0 spiro atoms. The summed E-state index contributed by atoms with van der Waals surface area (Å²) in [6.07, 6.45) is 1.61. The Morgan fingerprint density at radius 1 is 0.909 bits per heavy atom. The number of thiophene rings is 1. The Morgan fingerprint density at radius 2 is 1.70 bits per heavy atom. The SMILES string of the molecule is Cc1ccc(-c2csc3ncnc(Nc4ccc(OCc5ccc(Cl)cc5)cc4)c23)cc1C. The van der Waals surface area contributed by atoms with E-state index in [0.29, 0.717) is 6.61 Å². The van der Waals surface area contributed by atoms with Gasteiger partial charge in [0.2, 0.25) is 0 Å². The normalized spacial score (nSPS) is 11.0. The van der Waals surface area contributed by atoms with Crippen LogP contribution in [-0.2, 0) is 6.61 Å². The van der Waals surface area contributed by atoms with E-state index >= 15 is 0 Å². The van der Waals surface area contributed by atoms with E-state index in [-0.39, 0.29) is 0 Å². The van der Waals surface area contributed by atoms with Crippen LogP contribution in [0.25, 0.3) is 21.3 Å². The summed E-state index contributed by atoms with van der Waals surface area (Å²) in [5, 5.41) is 7.37. The van der Waals surface area contributed by atoms with Gasteiger partial charge in [0, 0.05) is 21.7 Å². The third-order valence-electron chi connectivity index (χ3n) is 5.62. The van der Waals surface area contributed by atoms with Crippen LogP contribution in [-0.4, -0.2) is 9.97 Å². The highest BCUT2D eigenvalue weighted by Crippen LogP contribution is 2.38. The molecule has 0 fully saturated rings. The first-order valence-corrected chi connectivity index (χ1v) is 11.9. The van der Waals surface area contributed by atoms with Crippen LogP contribution in [0.15, 0.2) is 78.4 Å². The number of benzene rings is 3. The van der Waals surface area contributed by atoms with Crippen molar-refractivity contribution in [2.45, 2.75) is 20.5 Å². The first kappa shape index (κ1) is 21.4. The molecule has 2 heterocycles. The summed E-state index contributed by atoms with van der Waals surface area (Å²) in [5.74, 6) is 1.60. The van der Waals surface area contributed by atoms with Crippen molar-refractivity contribution in [3.8, 4) is 16.9 Å². The first-order valence-electron chi connectivity index (χ1n) is 10.6. The van der Waals surface area contributed by atoms with Crippen molar-refractivity contribution >= 4 is 44.7 Å². The van der Waals surface area contributed by atoms with E-state index in [1.54, 1.807) is 17.7 Å². The number of fused-ring (bicyclic) bond motifs is 1. The minimum absolute atomic E-state index is 0.491. The summed E-state index contributed by atoms with van der Waals surface area (Å²) >= 11 is 7.58. The third-order valence-corrected chi connectivity index (χ3v) is 6.76. The van der Waals surface area contributed by atoms with Crippen molar-refractivity contribution in [3.05, 3.63) is 100 Å². The van der Waals surface area contributed by atoms with E-state index in [9.17, 15) is 0 Å². The van der Waals surface area contributed by atoms with Crippen molar-refractivity contribution in [1.29, 1.82) is 0 Å². The monoisotopic (exact) mass is 471 g/mol.